The van der Waals surface area contributed by atoms with Gasteiger partial charge in [0.2, 0.25) is 5.91 Å². The SMILES string of the molecule is Cc1cc(Cl)ccc1NC(=O)CCc1c(C)n[nH]c1C. The zero-order valence-corrected chi connectivity index (χ0v) is 12.6. The van der Waals surface area contributed by atoms with Crippen molar-refractivity contribution in [1.82, 2.24) is 10.2 Å². The van der Waals surface area contributed by atoms with Crippen molar-refractivity contribution in [3.63, 3.8) is 0 Å². The minimum atomic E-state index is -0.00424. The summed E-state index contributed by atoms with van der Waals surface area (Å²) < 4.78 is 0. The van der Waals surface area contributed by atoms with Gasteiger partial charge in [-0.25, -0.2) is 0 Å². The van der Waals surface area contributed by atoms with Gasteiger partial charge in [0.15, 0.2) is 0 Å². The first-order valence-corrected chi connectivity index (χ1v) is 6.91. The number of aromatic amines is 1. The van der Waals surface area contributed by atoms with E-state index in [0.717, 1.165) is 28.2 Å². The Labute approximate surface area is 123 Å². The van der Waals surface area contributed by atoms with Crippen LogP contribution in [0.1, 0.15) is 28.9 Å². The van der Waals surface area contributed by atoms with Crippen molar-refractivity contribution in [1.29, 1.82) is 0 Å². The fraction of sp³-hybridized carbons (Fsp3) is 0.333. The highest BCUT2D eigenvalue weighted by molar-refractivity contribution is 6.30. The predicted molar refractivity (Wildman–Crippen MR) is 81.2 cm³/mol. The molecular weight excluding hydrogens is 274 g/mol. The number of benzene rings is 1. The molecule has 0 bridgehead atoms. The van der Waals surface area contributed by atoms with Crippen LogP contribution in [-0.4, -0.2) is 16.1 Å². The fourth-order valence-corrected chi connectivity index (χ4v) is 2.39. The van der Waals surface area contributed by atoms with Crippen LogP contribution in [0.25, 0.3) is 0 Å². The van der Waals surface area contributed by atoms with Crippen molar-refractivity contribution in [3.8, 4) is 0 Å². The van der Waals surface area contributed by atoms with Gasteiger partial charge in [-0.15, -0.1) is 0 Å². The molecule has 2 aromatic rings. The van der Waals surface area contributed by atoms with Crippen LogP contribution in [0.15, 0.2) is 18.2 Å². The maximum Gasteiger partial charge on any atom is 0.224 e. The quantitative estimate of drug-likeness (QED) is 0.905. The second-order valence-electron chi connectivity index (χ2n) is 4.92. The van der Waals surface area contributed by atoms with E-state index in [-0.39, 0.29) is 5.91 Å². The van der Waals surface area contributed by atoms with Crippen molar-refractivity contribution in [3.05, 3.63) is 45.7 Å². The first-order chi connectivity index (χ1) is 9.47. The van der Waals surface area contributed by atoms with Crippen LogP contribution in [0.3, 0.4) is 0 Å². The Balaban J connectivity index is 1.96. The van der Waals surface area contributed by atoms with Gasteiger partial charge in [-0.1, -0.05) is 11.6 Å². The van der Waals surface area contributed by atoms with Gasteiger partial charge in [-0.3, -0.25) is 9.89 Å². The molecule has 0 aliphatic carbocycles. The lowest BCUT2D eigenvalue weighted by molar-refractivity contribution is -0.116. The molecule has 1 amide bonds. The van der Waals surface area contributed by atoms with Crippen LogP contribution < -0.4 is 5.32 Å². The number of nitrogens with one attached hydrogen (secondary N) is 2. The summed E-state index contributed by atoms with van der Waals surface area (Å²) >= 11 is 5.89. The Morgan fingerprint density at radius 2 is 2.10 bits per heavy atom. The minimum absolute atomic E-state index is 0.00424. The molecule has 0 unspecified atom stereocenters. The van der Waals surface area contributed by atoms with E-state index in [1.807, 2.05) is 32.9 Å². The van der Waals surface area contributed by atoms with Crippen LogP contribution in [0.5, 0.6) is 0 Å². The van der Waals surface area contributed by atoms with Crippen LogP contribution in [-0.2, 0) is 11.2 Å². The fourth-order valence-electron chi connectivity index (χ4n) is 2.16. The lowest BCUT2D eigenvalue weighted by Crippen LogP contribution is -2.13. The molecular formula is C15H18ClN3O. The highest BCUT2D eigenvalue weighted by atomic mass is 35.5. The number of amides is 1. The van der Waals surface area contributed by atoms with Crippen molar-refractivity contribution in [2.45, 2.75) is 33.6 Å². The minimum Gasteiger partial charge on any atom is -0.326 e. The van der Waals surface area contributed by atoms with E-state index >= 15 is 0 Å². The maximum absolute atomic E-state index is 12.0. The highest BCUT2D eigenvalue weighted by Gasteiger charge is 2.10. The van der Waals surface area contributed by atoms with Gasteiger partial charge in [0.05, 0.1) is 5.69 Å². The van der Waals surface area contributed by atoms with Crippen molar-refractivity contribution >= 4 is 23.2 Å². The monoisotopic (exact) mass is 291 g/mol. The molecule has 2 N–H and O–H groups in total. The summed E-state index contributed by atoms with van der Waals surface area (Å²) in [6, 6.07) is 5.43. The summed E-state index contributed by atoms with van der Waals surface area (Å²) in [4.78, 5) is 12.0. The number of anilines is 1. The van der Waals surface area contributed by atoms with E-state index in [1.165, 1.54) is 0 Å². The van der Waals surface area contributed by atoms with E-state index in [4.69, 9.17) is 11.6 Å². The van der Waals surface area contributed by atoms with Gasteiger partial charge in [-0.05, 0) is 56.5 Å². The zero-order valence-electron chi connectivity index (χ0n) is 11.9. The molecule has 106 valence electrons. The lowest BCUT2D eigenvalue weighted by atomic mass is 10.1. The number of nitrogens with zero attached hydrogens (tertiary/aromatic N) is 1. The third-order valence-corrected chi connectivity index (χ3v) is 3.58. The van der Waals surface area contributed by atoms with Gasteiger partial charge < -0.3 is 5.32 Å². The van der Waals surface area contributed by atoms with Crippen molar-refractivity contribution in [2.75, 3.05) is 5.32 Å². The zero-order chi connectivity index (χ0) is 14.7. The van der Waals surface area contributed by atoms with Gasteiger partial charge in [0.25, 0.3) is 0 Å². The molecule has 0 radical (unpaired) electrons. The number of carbonyl (C=O) groups excluding carboxylic acids is 1. The Morgan fingerprint density at radius 3 is 2.70 bits per heavy atom. The Kier molecular flexibility index (Phi) is 4.45. The third kappa shape index (κ3) is 3.39. The second-order valence-corrected chi connectivity index (χ2v) is 5.36. The molecule has 1 aromatic carbocycles. The number of hydrogen-bond acceptors (Lipinski definition) is 2. The number of hydrogen-bond donors (Lipinski definition) is 2. The molecule has 1 heterocycles. The number of aromatic nitrogens is 2. The second kappa shape index (κ2) is 6.09. The largest absolute Gasteiger partial charge is 0.326 e. The average Bonchev–Trinajstić information content (AvgIpc) is 2.70. The van der Waals surface area contributed by atoms with E-state index in [2.05, 4.69) is 15.5 Å². The molecule has 0 spiro atoms. The Hall–Kier alpha value is -1.81. The molecule has 0 aliphatic rings. The maximum atomic E-state index is 12.0. The summed E-state index contributed by atoms with van der Waals surface area (Å²) in [5, 5.41) is 10.6. The van der Waals surface area contributed by atoms with E-state index in [9.17, 15) is 4.79 Å². The summed E-state index contributed by atoms with van der Waals surface area (Å²) in [5.74, 6) is -0.00424. The van der Waals surface area contributed by atoms with Crippen LogP contribution in [0.4, 0.5) is 5.69 Å². The Morgan fingerprint density at radius 1 is 1.35 bits per heavy atom. The number of carbonyl (C=O) groups is 1. The molecule has 4 nitrogen and oxygen atoms in total. The molecule has 20 heavy (non-hydrogen) atoms. The predicted octanol–water partition coefficient (Wildman–Crippen LogP) is 3.56. The first kappa shape index (κ1) is 14.6. The number of aryl methyl sites for hydroxylation is 3. The number of rotatable bonds is 4. The van der Waals surface area contributed by atoms with E-state index in [0.29, 0.717) is 17.9 Å². The Bertz CT molecular complexity index is 615. The van der Waals surface area contributed by atoms with Gasteiger partial charge in [-0.2, -0.15) is 5.10 Å². The molecule has 0 saturated heterocycles. The van der Waals surface area contributed by atoms with E-state index in [1.54, 1.807) is 6.07 Å². The topological polar surface area (TPSA) is 57.8 Å². The van der Waals surface area contributed by atoms with Crippen molar-refractivity contribution < 1.29 is 4.79 Å². The summed E-state index contributed by atoms with van der Waals surface area (Å²) in [7, 11) is 0. The molecule has 0 saturated carbocycles. The molecule has 1 aromatic heterocycles. The van der Waals surface area contributed by atoms with E-state index < -0.39 is 0 Å². The number of halogens is 1. The molecule has 0 atom stereocenters. The summed E-state index contributed by atoms with van der Waals surface area (Å²) in [6.07, 6.45) is 1.12. The normalized spacial score (nSPS) is 10.6. The van der Waals surface area contributed by atoms with Crippen molar-refractivity contribution in [2.24, 2.45) is 0 Å². The molecule has 0 fully saturated rings. The molecule has 2 rings (SSSR count). The summed E-state index contributed by atoms with van der Waals surface area (Å²) in [6.45, 7) is 5.84. The van der Waals surface area contributed by atoms with Gasteiger partial charge in [0.1, 0.15) is 0 Å². The van der Waals surface area contributed by atoms with Crippen LogP contribution >= 0.6 is 11.6 Å². The van der Waals surface area contributed by atoms with Gasteiger partial charge >= 0.3 is 0 Å². The lowest BCUT2D eigenvalue weighted by Gasteiger charge is -2.08. The van der Waals surface area contributed by atoms with Crippen LogP contribution in [0.2, 0.25) is 5.02 Å². The average molecular weight is 292 g/mol. The van der Waals surface area contributed by atoms with Crippen LogP contribution in [0, 0.1) is 20.8 Å². The third-order valence-electron chi connectivity index (χ3n) is 3.35. The number of H-pyrrole nitrogens is 1. The highest BCUT2D eigenvalue weighted by Crippen LogP contribution is 2.20. The summed E-state index contributed by atoms with van der Waals surface area (Å²) in [5.41, 5.74) is 4.87. The smallest absolute Gasteiger partial charge is 0.224 e. The molecule has 5 heteroatoms. The molecule has 0 aliphatic heterocycles. The standard InChI is InChI=1S/C15H18ClN3O/c1-9-8-12(16)4-6-14(9)17-15(20)7-5-13-10(2)18-19-11(13)3/h4,6,8H,5,7H2,1-3H3,(H,17,20)(H,18,19). The van der Waals surface area contributed by atoms with Gasteiger partial charge in [0, 0.05) is 22.8 Å². The first-order valence-electron chi connectivity index (χ1n) is 6.54.